The summed E-state index contributed by atoms with van der Waals surface area (Å²) < 4.78 is 11.3. The van der Waals surface area contributed by atoms with Gasteiger partial charge in [0.25, 0.3) is 5.91 Å². The molecule has 4 heterocycles. The zero-order chi connectivity index (χ0) is 23.5. The van der Waals surface area contributed by atoms with E-state index in [0.717, 1.165) is 40.5 Å². The number of hydrogen-bond donors (Lipinski definition) is 0. The number of rotatable bonds is 6. The highest BCUT2D eigenvalue weighted by Gasteiger charge is 2.30. The van der Waals surface area contributed by atoms with Crippen LogP contribution < -0.4 is 4.74 Å². The summed E-state index contributed by atoms with van der Waals surface area (Å²) in [5.41, 5.74) is 5.12. The first-order valence-corrected chi connectivity index (χ1v) is 12.2. The third-order valence-electron chi connectivity index (χ3n) is 6.17. The number of ether oxygens (including phenoxy) is 1. The quantitative estimate of drug-likeness (QED) is 0.386. The average molecular weight is 475 g/mol. The second-order valence-corrected chi connectivity index (χ2v) is 9.30. The van der Waals surface area contributed by atoms with Gasteiger partial charge in [0.05, 0.1) is 46.6 Å². The molecule has 0 unspecified atom stereocenters. The molecule has 1 amide bonds. The van der Waals surface area contributed by atoms with Crippen molar-refractivity contribution in [1.82, 2.24) is 19.9 Å². The van der Waals surface area contributed by atoms with E-state index < -0.39 is 0 Å². The Morgan fingerprint density at radius 2 is 2.06 bits per heavy atom. The molecule has 0 saturated carbocycles. The number of carbonyl (C=O) groups is 1. The van der Waals surface area contributed by atoms with Crippen LogP contribution in [0.4, 0.5) is 0 Å². The number of amides is 1. The number of carbonyl (C=O) groups excluding carboxylic acids is 1. The number of likely N-dealkylation sites (tertiary alicyclic amines) is 1. The zero-order valence-corrected chi connectivity index (χ0v) is 20.0. The summed E-state index contributed by atoms with van der Waals surface area (Å²) in [7, 11) is 1.66. The maximum atomic E-state index is 13.5. The van der Waals surface area contributed by atoms with Gasteiger partial charge in [-0.25, -0.2) is 9.97 Å². The fourth-order valence-corrected chi connectivity index (χ4v) is 5.17. The Morgan fingerprint density at radius 3 is 2.82 bits per heavy atom. The number of nitrogens with zero attached hydrogens (tertiary/aromatic N) is 4. The summed E-state index contributed by atoms with van der Waals surface area (Å²) in [6, 6.07) is 11.6. The van der Waals surface area contributed by atoms with Crippen LogP contribution in [0, 0.1) is 6.92 Å². The summed E-state index contributed by atoms with van der Waals surface area (Å²) in [4.78, 5) is 29.7. The monoisotopic (exact) mass is 474 g/mol. The highest BCUT2D eigenvalue weighted by molar-refractivity contribution is 7.13. The number of benzene rings is 1. The van der Waals surface area contributed by atoms with E-state index in [2.05, 4.69) is 15.0 Å². The van der Waals surface area contributed by atoms with Crippen molar-refractivity contribution in [3.8, 4) is 16.3 Å². The topological polar surface area (TPSA) is 81.4 Å². The van der Waals surface area contributed by atoms with Gasteiger partial charge in [0.1, 0.15) is 11.5 Å². The Hall–Kier alpha value is -3.52. The Labute approximate surface area is 202 Å². The van der Waals surface area contributed by atoms with Crippen LogP contribution in [0.1, 0.15) is 52.0 Å². The molecule has 1 atom stereocenters. The van der Waals surface area contributed by atoms with E-state index in [1.54, 1.807) is 25.0 Å². The molecular weight excluding hydrogens is 448 g/mol. The van der Waals surface area contributed by atoms with E-state index >= 15 is 0 Å². The number of hydrogen-bond acceptors (Lipinski definition) is 7. The average Bonchev–Trinajstić information content (AvgIpc) is 3.53. The molecule has 0 spiro atoms. The first kappa shape index (κ1) is 22.3. The molecule has 4 aromatic rings. The molecule has 1 aromatic carbocycles. The van der Waals surface area contributed by atoms with Crippen LogP contribution in [0.15, 0.2) is 58.7 Å². The lowest BCUT2D eigenvalue weighted by Crippen LogP contribution is -2.39. The second kappa shape index (κ2) is 9.77. The second-order valence-electron chi connectivity index (χ2n) is 8.45. The Kier molecular flexibility index (Phi) is 6.40. The lowest BCUT2D eigenvalue weighted by atomic mass is 9.97. The number of aryl methyl sites for hydroxylation is 1. The maximum Gasteiger partial charge on any atom is 0.256 e. The number of piperidine rings is 1. The molecule has 1 fully saturated rings. The fourth-order valence-electron chi connectivity index (χ4n) is 4.36. The van der Waals surface area contributed by atoms with Gasteiger partial charge in [0.2, 0.25) is 0 Å². The van der Waals surface area contributed by atoms with E-state index in [1.807, 2.05) is 48.2 Å². The molecule has 0 aliphatic carbocycles. The molecule has 34 heavy (non-hydrogen) atoms. The lowest BCUT2D eigenvalue weighted by molar-refractivity contribution is 0.0698. The fraction of sp³-hybridized carbons (Fsp3) is 0.308. The third kappa shape index (κ3) is 4.59. The van der Waals surface area contributed by atoms with E-state index in [1.165, 1.54) is 11.3 Å². The molecule has 174 valence electrons. The summed E-state index contributed by atoms with van der Waals surface area (Å²) in [6.45, 7) is 3.24. The Morgan fingerprint density at radius 1 is 1.21 bits per heavy atom. The highest BCUT2D eigenvalue weighted by Crippen LogP contribution is 2.32. The van der Waals surface area contributed by atoms with Gasteiger partial charge >= 0.3 is 0 Å². The molecule has 7 nitrogen and oxygen atoms in total. The van der Waals surface area contributed by atoms with Gasteiger partial charge < -0.3 is 14.1 Å². The number of oxazole rings is 1. The van der Waals surface area contributed by atoms with Crippen LogP contribution in [-0.2, 0) is 6.42 Å². The molecule has 1 saturated heterocycles. The number of methoxy groups -OCH3 is 1. The maximum absolute atomic E-state index is 13.5. The number of thiazole rings is 1. The van der Waals surface area contributed by atoms with E-state index in [0.29, 0.717) is 36.7 Å². The van der Waals surface area contributed by atoms with Crippen LogP contribution in [0.5, 0.6) is 5.75 Å². The largest absolute Gasteiger partial charge is 0.497 e. The van der Waals surface area contributed by atoms with Crippen molar-refractivity contribution >= 4 is 17.2 Å². The van der Waals surface area contributed by atoms with Crippen molar-refractivity contribution in [2.75, 3.05) is 20.2 Å². The minimum atomic E-state index is -0.00869. The normalized spacial score (nSPS) is 15.9. The Bertz CT molecular complexity index is 1280. The molecular formula is C26H26N4O3S. The van der Waals surface area contributed by atoms with E-state index in [9.17, 15) is 4.79 Å². The summed E-state index contributed by atoms with van der Waals surface area (Å²) in [5, 5.41) is 0. The van der Waals surface area contributed by atoms with Crippen molar-refractivity contribution in [3.63, 3.8) is 0 Å². The first-order chi connectivity index (χ1) is 16.6. The van der Waals surface area contributed by atoms with Crippen molar-refractivity contribution in [3.05, 3.63) is 82.8 Å². The predicted octanol–water partition coefficient (Wildman–Crippen LogP) is 5.12. The number of pyridine rings is 1. The van der Waals surface area contributed by atoms with Gasteiger partial charge in [0, 0.05) is 25.7 Å². The van der Waals surface area contributed by atoms with Crippen molar-refractivity contribution < 1.29 is 13.9 Å². The first-order valence-electron chi connectivity index (χ1n) is 11.3. The molecule has 5 rings (SSSR count). The van der Waals surface area contributed by atoms with Crippen LogP contribution in [0.2, 0.25) is 0 Å². The van der Waals surface area contributed by atoms with Crippen molar-refractivity contribution in [2.45, 2.75) is 32.1 Å². The molecule has 1 aliphatic heterocycles. The van der Waals surface area contributed by atoms with Crippen molar-refractivity contribution in [2.24, 2.45) is 0 Å². The van der Waals surface area contributed by atoms with Crippen LogP contribution in [-0.4, -0.2) is 46.0 Å². The minimum Gasteiger partial charge on any atom is -0.497 e. The zero-order valence-electron chi connectivity index (χ0n) is 19.2. The Balaban J connectivity index is 1.30. The molecule has 0 bridgehead atoms. The van der Waals surface area contributed by atoms with Gasteiger partial charge in [-0.2, -0.15) is 0 Å². The summed E-state index contributed by atoms with van der Waals surface area (Å²) in [5.74, 6) is 2.42. The number of aromatic nitrogens is 3. The lowest BCUT2D eigenvalue weighted by Gasteiger charge is -2.31. The van der Waals surface area contributed by atoms with Crippen LogP contribution >= 0.6 is 11.3 Å². The van der Waals surface area contributed by atoms with Gasteiger partial charge in [-0.1, -0.05) is 12.1 Å². The SMILES string of the molecule is COc1ccc(Cc2cnc([C@H]3CCCN(C(=O)c4cccnc4-c4scnc4C)C3)o2)cc1. The van der Waals surface area contributed by atoms with Crippen LogP contribution in [0.25, 0.3) is 10.6 Å². The third-order valence-corrected chi connectivity index (χ3v) is 7.10. The molecule has 3 aromatic heterocycles. The predicted molar refractivity (Wildman–Crippen MR) is 130 cm³/mol. The standard InChI is InChI=1S/C26H26N4O3S/c1-17-24(34-16-29-17)23-22(6-3-11-27-23)26(31)30-12-4-5-19(15-30)25-28-14-21(33-25)13-18-7-9-20(32-2)10-8-18/h3,6-11,14,16,19H,4-5,12-13,15H2,1-2H3/t19-/m0/s1. The van der Waals surface area contributed by atoms with Gasteiger partial charge in [-0.3, -0.25) is 9.78 Å². The van der Waals surface area contributed by atoms with Gasteiger partial charge in [-0.05, 0) is 49.6 Å². The van der Waals surface area contributed by atoms with E-state index in [4.69, 9.17) is 9.15 Å². The minimum absolute atomic E-state index is 0.00869. The van der Waals surface area contributed by atoms with Crippen molar-refractivity contribution in [1.29, 1.82) is 0 Å². The van der Waals surface area contributed by atoms with E-state index in [-0.39, 0.29) is 11.8 Å². The van der Waals surface area contributed by atoms with Crippen LogP contribution in [0.3, 0.4) is 0 Å². The highest BCUT2D eigenvalue weighted by atomic mass is 32.1. The smallest absolute Gasteiger partial charge is 0.256 e. The molecule has 8 heteroatoms. The summed E-state index contributed by atoms with van der Waals surface area (Å²) >= 11 is 1.51. The molecule has 1 aliphatic rings. The van der Waals surface area contributed by atoms with Gasteiger partial charge in [0.15, 0.2) is 5.89 Å². The molecule has 0 N–H and O–H groups in total. The van der Waals surface area contributed by atoms with Gasteiger partial charge in [-0.15, -0.1) is 11.3 Å². The summed E-state index contributed by atoms with van der Waals surface area (Å²) in [6.07, 6.45) is 6.04. The molecule has 0 radical (unpaired) electrons.